The Hall–Kier alpha value is -1.63. The summed E-state index contributed by atoms with van der Waals surface area (Å²) < 4.78 is 0. The SMILES string of the molecule is CCNC(=O)NC(=O)C(C)N1CCC(C(=O)O)C1. The first-order valence-corrected chi connectivity index (χ1v) is 6.01. The number of imide groups is 1. The standard InChI is InChI=1S/C11H19N3O4/c1-3-12-11(18)13-9(15)7(2)14-5-4-8(6-14)10(16)17/h7-8H,3-6H2,1-2H3,(H,16,17)(H2,12,13,15,18). The number of carboxylic acid groups (broad SMARTS) is 1. The van der Waals surface area contributed by atoms with Crippen LogP contribution in [0, 0.1) is 5.92 Å². The second-order valence-corrected chi connectivity index (χ2v) is 4.34. The highest BCUT2D eigenvalue weighted by atomic mass is 16.4. The van der Waals surface area contributed by atoms with Crippen LogP contribution >= 0.6 is 0 Å². The van der Waals surface area contributed by atoms with E-state index >= 15 is 0 Å². The molecular weight excluding hydrogens is 238 g/mol. The minimum absolute atomic E-state index is 0.347. The molecule has 2 unspecified atom stereocenters. The van der Waals surface area contributed by atoms with Crippen molar-refractivity contribution < 1.29 is 19.5 Å². The van der Waals surface area contributed by atoms with Crippen LogP contribution in [0.4, 0.5) is 4.79 Å². The monoisotopic (exact) mass is 257 g/mol. The quantitative estimate of drug-likeness (QED) is 0.638. The number of nitrogens with one attached hydrogen (secondary N) is 2. The number of carboxylic acids is 1. The maximum absolute atomic E-state index is 11.7. The van der Waals surface area contributed by atoms with Crippen molar-refractivity contribution in [2.24, 2.45) is 5.92 Å². The first kappa shape index (κ1) is 14.4. The van der Waals surface area contributed by atoms with Gasteiger partial charge in [0.15, 0.2) is 0 Å². The van der Waals surface area contributed by atoms with Gasteiger partial charge in [-0.25, -0.2) is 4.79 Å². The summed E-state index contributed by atoms with van der Waals surface area (Å²) in [6.07, 6.45) is 0.536. The molecule has 0 aromatic rings. The van der Waals surface area contributed by atoms with E-state index < -0.39 is 29.9 Å². The molecule has 0 saturated carbocycles. The summed E-state index contributed by atoms with van der Waals surface area (Å²) in [7, 11) is 0. The maximum atomic E-state index is 11.7. The number of hydrogen-bond acceptors (Lipinski definition) is 4. The third-order valence-electron chi connectivity index (χ3n) is 3.07. The number of urea groups is 1. The molecule has 1 rings (SSSR count). The largest absolute Gasteiger partial charge is 0.481 e. The van der Waals surface area contributed by atoms with Crippen LogP contribution in [0.15, 0.2) is 0 Å². The van der Waals surface area contributed by atoms with Gasteiger partial charge >= 0.3 is 12.0 Å². The Morgan fingerprint density at radius 3 is 2.61 bits per heavy atom. The molecule has 102 valence electrons. The third-order valence-corrected chi connectivity index (χ3v) is 3.07. The summed E-state index contributed by atoms with van der Waals surface area (Å²) in [5, 5.41) is 13.6. The number of amides is 3. The Kier molecular flexibility index (Phi) is 5.08. The number of nitrogens with zero attached hydrogens (tertiary/aromatic N) is 1. The smallest absolute Gasteiger partial charge is 0.321 e. The van der Waals surface area contributed by atoms with Crippen molar-refractivity contribution in [2.45, 2.75) is 26.3 Å². The van der Waals surface area contributed by atoms with Gasteiger partial charge in [-0.05, 0) is 26.8 Å². The van der Waals surface area contributed by atoms with E-state index in [0.717, 1.165) is 0 Å². The Bertz CT molecular complexity index is 345. The minimum atomic E-state index is -0.839. The van der Waals surface area contributed by atoms with Gasteiger partial charge in [0.1, 0.15) is 0 Å². The Labute approximate surface area is 106 Å². The zero-order valence-electron chi connectivity index (χ0n) is 10.6. The molecule has 1 heterocycles. The van der Waals surface area contributed by atoms with Crippen molar-refractivity contribution in [3.05, 3.63) is 0 Å². The molecule has 7 heteroatoms. The Balaban J connectivity index is 2.45. The molecule has 1 aliphatic heterocycles. The summed E-state index contributed by atoms with van der Waals surface area (Å²) in [6, 6.07) is -1.03. The summed E-state index contributed by atoms with van der Waals surface area (Å²) in [5.74, 6) is -1.68. The molecular formula is C11H19N3O4. The van der Waals surface area contributed by atoms with E-state index in [1.807, 2.05) is 0 Å². The predicted octanol–water partition coefficient (Wildman–Crippen LogP) is -0.373. The molecule has 0 radical (unpaired) electrons. The highest BCUT2D eigenvalue weighted by Crippen LogP contribution is 2.18. The minimum Gasteiger partial charge on any atom is -0.481 e. The normalized spacial score (nSPS) is 21.3. The van der Waals surface area contributed by atoms with Crippen molar-refractivity contribution in [1.29, 1.82) is 0 Å². The fourth-order valence-electron chi connectivity index (χ4n) is 1.93. The second kappa shape index (κ2) is 6.34. The molecule has 0 spiro atoms. The van der Waals surface area contributed by atoms with Crippen LogP contribution in [0.3, 0.4) is 0 Å². The topological polar surface area (TPSA) is 98.7 Å². The zero-order chi connectivity index (χ0) is 13.7. The molecule has 2 atom stereocenters. The number of carbonyl (C=O) groups excluding carboxylic acids is 2. The number of likely N-dealkylation sites (tertiary alicyclic amines) is 1. The fraction of sp³-hybridized carbons (Fsp3) is 0.727. The van der Waals surface area contributed by atoms with E-state index in [9.17, 15) is 14.4 Å². The lowest BCUT2D eigenvalue weighted by Crippen LogP contribution is -2.49. The summed E-state index contributed by atoms with van der Waals surface area (Å²) in [5.41, 5.74) is 0. The van der Waals surface area contributed by atoms with Crippen LogP contribution < -0.4 is 10.6 Å². The van der Waals surface area contributed by atoms with E-state index in [1.165, 1.54) is 0 Å². The van der Waals surface area contributed by atoms with Crippen molar-refractivity contribution in [3.63, 3.8) is 0 Å². The van der Waals surface area contributed by atoms with Crippen molar-refractivity contribution >= 4 is 17.9 Å². The van der Waals surface area contributed by atoms with Crippen LogP contribution in [-0.4, -0.2) is 53.6 Å². The molecule has 3 N–H and O–H groups in total. The average Bonchev–Trinajstić information content (AvgIpc) is 2.77. The van der Waals surface area contributed by atoms with Crippen LogP contribution in [-0.2, 0) is 9.59 Å². The number of rotatable bonds is 4. The highest BCUT2D eigenvalue weighted by molar-refractivity contribution is 5.96. The Morgan fingerprint density at radius 2 is 2.11 bits per heavy atom. The van der Waals surface area contributed by atoms with Gasteiger partial charge in [0, 0.05) is 13.1 Å². The van der Waals surface area contributed by atoms with E-state index in [4.69, 9.17) is 5.11 Å². The lowest BCUT2D eigenvalue weighted by atomic mass is 10.1. The summed E-state index contributed by atoms with van der Waals surface area (Å²) >= 11 is 0. The molecule has 18 heavy (non-hydrogen) atoms. The average molecular weight is 257 g/mol. The van der Waals surface area contributed by atoms with Crippen LogP contribution in [0.1, 0.15) is 20.3 Å². The van der Waals surface area contributed by atoms with Gasteiger partial charge in [-0.2, -0.15) is 0 Å². The molecule has 1 saturated heterocycles. The summed E-state index contributed by atoms with van der Waals surface area (Å²) in [4.78, 5) is 35.5. The van der Waals surface area contributed by atoms with E-state index in [1.54, 1.807) is 18.7 Å². The van der Waals surface area contributed by atoms with E-state index in [0.29, 0.717) is 26.1 Å². The van der Waals surface area contributed by atoms with Gasteiger partial charge in [0.25, 0.3) is 0 Å². The molecule has 0 aromatic carbocycles. The molecule has 1 aliphatic rings. The maximum Gasteiger partial charge on any atom is 0.321 e. The molecule has 7 nitrogen and oxygen atoms in total. The second-order valence-electron chi connectivity index (χ2n) is 4.34. The number of aliphatic carboxylic acids is 1. The van der Waals surface area contributed by atoms with E-state index in [-0.39, 0.29) is 0 Å². The highest BCUT2D eigenvalue weighted by Gasteiger charge is 2.33. The van der Waals surface area contributed by atoms with Crippen LogP contribution in [0.5, 0.6) is 0 Å². The Morgan fingerprint density at radius 1 is 1.44 bits per heavy atom. The molecule has 0 aromatic heterocycles. The van der Waals surface area contributed by atoms with Gasteiger partial charge in [-0.3, -0.25) is 19.8 Å². The summed E-state index contributed by atoms with van der Waals surface area (Å²) in [6.45, 7) is 4.77. The van der Waals surface area contributed by atoms with Crippen molar-refractivity contribution in [2.75, 3.05) is 19.6 Å². The predicted molar refractivity (Wildman–Crippen MR) is 64.0 cm³/mol. The number of carbonyl (C=O) groups is 3. The molecule has 0 bridgehead atoms. The first-order valence-electron chi connectivity index (χ1n) is 6.01. The van der Waals surface area contributed by atoms with Crippen LogP contribution in [0.2, 0.25) is 0 Å². The van der Waals surface area contributed by atoms with Gasteiger partial charge in [0.05, 0.1) is 12.0 Å². The fourth-order valence-corrected chi connectivity index (χ4v) is 1.93. The third kappa shape index (κ3) is 3.69. The van der Waals surface area contributed by atoms with Crippen molar-refractivity contribution in [3.8, 4) is 0 Å². The lowest BCUT2D eigenvalue weighted by Gasteiger charge is -2.22. The molecule has 0 aliphatic carbocycles. The molecule has 1 fully saturated rings. The van der Waals surface area contributed by atoms with E-state index in [2.05, 4.69) is 10.6 Å². The lowest BCUT2D eigenvalue weighted by molar-refractivity contribution is -0.141. The zero-order valence-corrected chi connectivity index (χ0v) is 10.6. The van der Waals surface area contributed by atoms with Gasteiger partial charge in [-0.1, -0.05) is 0 Å². The number of hydrogen-bond donors (Lipinski definition) is 3. The van der Waals surface area contributed by atoms with Gasteiger partial charge in [-0.15, -0.1) is 0 Å². The van der Waals surface area contributed by atoms with Crippen molar-refractivity contribution in [1.82, 2.24) is 15.5 Å². The van der Waals surface area contributed by atoms with Gasteiger partial charge in [0.2, 0.25) is 5.91 Å². The first-order chi connectivity index (χ1) is 8.45. The molecule has 3 amide bonds. The van der Waals surface area contributed by atoms with Crippen LogP contribution in [0.25, 0.3) is 0 Å². The van der Waals surface area contributed by atoms with Gasteiger partial charge < -0.3 is 10.4 Å².